The van der Waals surface area contributed by atoms with E-state index in [-0.39, 0.29) is 5.91 Å². The minimum absolute atomic E-state index is 0.273. The number of anilines is 1. The van der Waals surface area contributed by atoms with Gasteiger partial charge in [-0.15, -0.1) is 0 Å². The van der Waals surface area contributed by atoms with Crippen molar-refractivity contribution in [3.8, 4) is 22.4 Å². The summed E-state index contributed by atoms with van der Waals surface area (Å²) in [6, 6.07) is 26.7. The summed E-state index contributed by atoms with van der Waals surface area (Å²) in [6.45, 7) is 0. The Kier molecular flexibility index (Phi) is 4.73. The molecule has 1 heterocycles. The molecule has 4 nitrogen and oxygen atoms in total. The zero-order valence-electron chi connectivity index (χ0n) is 14.3. The summed E-state index contributed by atoms with van der Waals surface area (Å²) in [6.07, 6.45) is 0. The molecular formula is C22H16ClN3O. The highest BCUT2D eigenvalue weighted by molar-refractivity contribution is 6.33. The molecule has 27 heavy (non-hydrogen) atoms. The van der Waals surface area contributed by atoms with Crippen LogP contribution < -0.4 is 5.32 Å². The smallest absolute Gasteiger partial charge is 0.276 e. The molecule has 0 fully saturated rings. The fraction of sp³-hybridized carbons (Fsp3) is 0. The van der Waals surface area contributed by atoms with E-state index >= 15 is 0 Å². The predicted molar refractivity (Wildman–Crippen MR) is 109 cm³/mol. The highest BCUT2D eigenvalue weighted by atomic mass is 35.5. The fourth-order valence-corrected chi connectivity index (χ4v) is 3.10. The number of H-pyrrole nitrogens is 1. The largest absolute Gasteiger partial charge is 0.321 e. The van der Waals surface area contributed by atoms with Crippen molar-refractivity contribution < 1.29 is 4.79 Å². The van der Waals surface area contributed by atoms with E-state index in [0.717, 1.165) is 22.4 Å². The lowest BCUT2D eigenvalue weighted by Gasteiger charge is -2.08. The van der Waals surface area contributed by atoms with Gasteiger partial charge in [0.25, 0.3) is 5.91 Å². The number of nitrogens with one attached hydrogen (secondary N) is 2. The Morgan fingerprint density at radius 1 is 0.852 bits per heavy atom. The van der Waals surface area contributed by atoms with Gasteiger partial charge in [0.1, 0.15) is 0 Å². The van der Waals surface area contributed by atoms with Gasteiger partial charge in [-0.25, -0.2) is 0 Å². The van der Waals surface area contributed by atoms with Crippen molar-refractivity contribution in [1.82, 2.24) is 10.2 Å². The second-order valence-corrected chi connectivity index (χ2v) is 6.45. The fourth-order valence-electron chi connectivity index (χ4n) is 2.86. The van der Waals surface area contributed by atoms with Gasteiger partial charge in [0.05, 0.1) is 5.69 Å². The van der Waals surface area contributed by atoms with E-state index in [1.807, 2.05) is 78.9 Å². The van der Waals surface area contributed by atoms with Crippen molar-refractivity contribution in [3.05, 3.63) is 95.6 Å². The van der Waals surface area contributed by atoms with E-state index in [4.69, 9.17) is 11.6 Å². The van der Waals surface area contributed by atoms with Crippen molar-refractivity contribution in [1.29, 1.82) is 0 Å². The van der Waals surface area contributed by atoms with Crippen molar-refractivity contribution in [2.75, 3.05) is 5.32 Å². The molecule has 132 valence electrons. The Morgan fingerprint density at radius 2 is 1.59 bits per heavy atom. The van der Waals surface area contributed by atoms with Crippen LogP contribution in [0.25, 0.3) is 22.4 Å². The molecule has 0 unspecified atom stereocenters. The van der Waals surface area contributed by atoms with E-state index in [9.17, 15) is 4.79 Å². The van der Waals surface area contributed by atoms with E-state index in [2.05, 4.69) is 15.5 Å². The van der Waals surface area contributed by atoms with E-state index in [1.54, 1.807) is 6.07 Å². The van der Waals surface area contributed by atoms with E-state index < -0.39 is 0 Å². The standard InChI is InChI=1S/C22H16ClN3O/c23-19-12-5-4-11-18(19)16-9-6-10-17(13-16)24-22(27)21-14-20(25-26-21)15-7-2-1-3-8-15/h1-14H,(H,24,27)(H,25,26). The first-order valence-corrected chi connectivity index (χ1v) is 8.86. The molecule has 4 aromatic rings. The number of nitrogens with zero attached hydrogens (tertiary/aromatic N) is 1. The van der Waals surface area contributed by atoms with Crippen LogP contribution in [-0.2, 0) is 0 Å². The van der Waals surface area contributed by atoms with Gasteiger partial charge in [-0.2, -0.15) is 5.10 Å². The Labute approximate surface area is 161 Å². The molecule has 5 heteroatoms. The molecule has 0 aliphatic rings. The number of carbonyl (C=O) groups excluding carboxylic acids is 1. The molecule has 0 atom stereocenters. The first kappa shape index (κ1) is 17.1. The summed E-state index contributed by atoms with van der Waals surface area (Å²) in [5.74, 6) is -0.273. The van der Waals surface area contributed by atoms with Crippen LogP contribution in [0.5, 0.6) is 0 Å². The maximum Gasteiger partial charge on any atom is 0.276 e. The van der Waals surface area contributed by atoms with Crippen LogP contribution in [0, 0.1) is 0 Å². The second-order valence-electron chi connectivity index (χ2n) is 6.05. The zero-order chi connectivity index (χ0) is 18.6. The van der Waals surface area contributed by atoms with Crippen LogP contribution in [0.15, 0.2) is 84.9 Å². The third-order valence-corrected chi connectivity index (χ3v) is 4.53. The van der Waals surface area contributed by atoms with Crippen molar-refractivity contribution in [2.45, 2.75) is 0 Å². The maximum atomic E-state index is 12.6. The van der Waals surface area contributed by atoms with Gasteiger partial charge in [-0.05, 0) is 35.4 Å². The molecule has 0 aliphatic carbocycles. The van der Waals surface area contributed by atoms with E-state index in [0.29, 0.717) is 16.4 Å². The second kappa shape index (κ2) is 7.48. The summed E-state index contributed by atoms with van der Waals surface area (Å²) < 4.78 is 0. The number of aromatic amines is 1. The molecule has 0 bridgehead atoms. The number of carbonyl (C=O) groups is 1. The van der Waals surface area contributed by atoms with Crippen molar-refractivity contribution in [2.24, 2.45) is 0 Å². The number of amides is 1. The molecule has 2 N–H and O–H groups in total. The van der Waals surface area contributed by atoms with Crippen LogP contribution in [0.4, 0.5) is 5.69 Å². The third-order valence-electron chi connectivity index (χ3n) is 4.20. The Morgan fingerprint density at radius 3 is 2.41 bits per heavy atom. The van der Waals surface area contributed by atoms with Gasteiger partial charge in [-0.3, -0.25) is 9.89 Å². The molecule has 0 saturated carbocycles. The van der Waals surface area contributed by atoms with Gasteiger partial charge in [0, 0.05) is 16.3 Å². The van der Waals surface area contributed by atoms with E-state index in [1.165, 1.54) is 0 Å². The van der Waals surface area contributed by atoms with Gasteiger partial charge >= 0.3 is 0 Å². The summed E-state index contributed by atoms with van der Waals surface area (Å²) in [5, 5.41) is 10.6. The minimum atomic E-state index is -0.273. The lowest BCUT2D eigenvalue weighted by molar-refractivity contribution is 0.102. The molecule has 4 rings (SSSR count). The molecule has 0 spiro atoms. The van der Waals surface area contributed by atoms with Gasteiger partial charge < -0.3 is 5.32 Å². The zero-order valence-corrected chi connectivity index (χ0v) is 15.1. The lowest BCUT2D eigenvalue weighted by Crippen LogP contribution is -2.12. The first-order chi connectivity index (χ1) is 13.2. The normalized spacial score (nSPS) is 10.6. The summed E-state index contributed by atoms with van der Waals surface area (Å²) >= 11 is 6.27. The third kappa shape index (κ3) is 3.76. The van der Waals surface area contributed by atoms with Gasteiger partial charge in [0.2, 0.25) is 0 Å². The molecule has 0 radical (unpaired) electrons. The van der Waals surface area contributed by atoms with Crippen LogP contribution in [-0.4, -0.2) is 16.1 Å². The SMILES string of the molecule is O=C(Nc1cccc(-c2ccccc2Cl)c1)c1cc(-c2ccccc2)[nH]n1. The van der Waals surface area contributed by atoms with Crippen molar-refractivity contribution >= 4 is 23.2 Å². The molecule has 1 aromatic heterocycles. The number of benzene rings is 3. The minimum Gasteiger partial charge on any atom is -0.321 e. The summed E-state index contributed by atoms with van der Waals surface area (Å²) in [4.78, 5) is 12.6. The number of hydrogen-bond acceptors (Lipinski definition) is 2. The van der Waals surface area contributed by atoms with Crippen LogP contribution >= 0.6 is 11.6 Å². The number of rotatable bonds is 4. The molecule has 0 aliphatic heterocycles. The average molecular weight is 374 g/mol. The molecule has 3 aromatic carbocycles. The van der Waals surface area contributed by atoms with Crippen LogP contribution in [0.1, 0.15) is 10.5 Å². The Hall–Kier alpha value is -3.37. The number of hydrogen-bond donors (Lipinski definition) is 2. The van der Waals surface area contributed by atoms with Crippen LogP contribution in [0.2, 0.25) is 5.02 Å². The number of halogens is 1. The highest BCUT2D eigenvalue weighted by Crippen LogP contribution is 2.29. The Balaban J connectivity index is 1.55. The van der Waals surface area contributed by atoms with Gasteiger partial charge in [0.15, 0.2) is 5.69 Å². The lowest BCUT2D eigenvalue weighted by atomic mass is 10.1. The summed E-state index contributed by atoms with van der Waals surface area (Å²) in [5.41, 5.74) is 4.64. The van der Waals surface area contributed by atoms with Gasteiger partial charge in [-0.1, -0.05) is 72.3 Å². The van der Waals surface area contributed by atoms with Crippen molar-refractivity contribution in [3.63, 3.8) is 0 Å². The quantitative estimate of drug-likeness (QED) is 0.485. The molecule has 0 saturated heterocycles. The highest BCUT2D eigenvalue weighted by Gasteiger charge is 2.12. The molecule has 1 amide bonds. The van der Waals surface area contributed by atoms with Crippen LogP contribution in [0.3, 0.4) is 0 Å². The Bertz CT molecular complexity index is 1090. The number of aromatic nitrogens is 2. The first-order valence-electron chi connectivity index (χ1n) is 8.48. The summed E-state index contributed by atoms with van der Waals surface area (Å²) in [7, 11) is 0. The topological polar surface area (TPSA) is 57.8 Å². The maximum absolute atomic E-state index is 12.6. The average Bonchev–Trinajstić information content (AvgIpc) is 3.20. The molecular weight excluding hydrogens is 358 g/mol. The predicted octanol–water partition coefficient (Wildman–Crippen LogP) is 5.65. The monoisotopic (exact) mass is 373 g/mol.